The number of piperidine rings is 1. The van der Waals surface area contributed by atoms with E-state index in [1.807, 2.05) is 45.0 Å². The lowest BCUT2D eigenvalue weighted by Crippen LogP contribution is -2.42. The second-order valence-corrected chi connectivity index (χ2v) is 9.70. The van der Waals surface area contributed by atoms with E-state index in [2.05, 4.69) is 9.62 Å². The van der Waals surface area contributed by atoms with Crippen LogP contribution in [0.25, 0.3) is 0 Å². The zero-order valence-electron chi connectivity index (χ0n) is 17.8. The number of hydrogen-bond donors (Lipinski definition) is 1. The second-order valence-electron chi connectivity index (χ2n) is 8.01. The molecule has 0 aliphatic carbocycles. The molecule has 1 aliphatic heterocycles. The Kier molecular flexibility index (Phi) is 6.33. The molecular formula is C21H28N4O4S. The minimum atomic E-state index is -3.95. The number of aryl methyl sites for hydroxylation is 2. The maximum Gasteiger partial charge on any atom is 0.293 e. The third-order valence-corrected chi connectivity index (χ3v) is 6.98. The van der Waals surface area contributed by atoms with Crippen LogP contribution in [0.4, 0.5) is 17.1 Å². The molecule has 0 unspecified atom stereocenters. The molecule has 0 aromatic heterocycles. The summed E-state index contributed by atoms with van der Waals surface area (Å²) in [4.78, 5) is 15.2. The van der Waals surface area contributed by atoms with Crippen LogP contribution < -0.4 is 9.62 Å². The summed E-state index contributed by atoms with van der Waals surface area (Å²) in [6, 6.07) is 9.96. The summed E-state index contributed by atoms with van der Waals surface area (Å²) >= 11 is 0. The molecule has 0 saturated carbocycles. The van der Waals surface area contributed by atoms with E-state index in [1.54, 1.807) is 12.1 Å². The van der Waals surface area contributed by atoms with Gasteiger partial charge in [-0.1, -0.05) is 17.7 Å². The van der Waals surface area contributed by atoms with E-state index in [1.165, 1.54) is 6.07 Å². The van der Waals surface area contributed by atoms with Crippen LogP contribution in [0.1, 0.15) is 24.0 Å². The average molecular weight is 433 g/mol. The normalized spacial score (nSPS) is 15.4. The number of benzene rings is 2. The molecule has 0 bridgehead atoms. The Morgan fingerprint density at radius 1 is 1.10 bits per heavy atom. The summed E-state index contributed by atoms with van der Waals surface area (Å²) in [6.45, 7) is 5.12. The fourth-order valence-corrected chi connectivity index (χ4v) is 4.99. The van der Waals surface area contributed by atoms with Crippen LogP contribution in [0.3, 0.4) is 0 Å². The number of nitro benzene ring substituents is 1. The molecule has 0 atom stereocenters. The zero-order valence-corrected chi connectivity index (χ0v) is 18.6. The standard InChI is InChI=1S/C21H28N4O4S/c1-15-5-7-19(16(2)13-15)22-30(28,29)18-6-8-20(21(14-18)25(26)27)24-11-9-17(10-12-24)23(3)4/h5-8,13-14,17,22H,9-12H2,1-4H3. The van der Waals surface area contributed by atoms with E-state index in [4.69, 9.17) is 0 Å². The summed E-state index contributed by atoms with van der Waals surface area (Å²) in [5.74, 6) is 0. The summed E-state index contributed by atoms with van der Waals surface area (Å²) in [5, 5.41) is 11.7. The Morgan fingerprint density at radius 2 is 1.77 bits per heavy atom. The van der Waals surface area contributed by atoms with Gasteiger partial charge in [-0.2, -0.15) is 0 Å². The molecule has 1 aliphatic rings. The molecule has 3 rings (SSSR count). The van der Waals surface area contributed by atoms with E-state index in [-0.39, 0.29) is 10.6 Å². The lowest BCUT2D eigenvalue weighted by atomic mass is 10.0. The minimum absolute atomic E-state index is 0.124. The first-order valence-electron chi connectivity index (χ1n) is 9.88. The van der Waals surface area contributed by atoms with Crippen LogP contribution in [-0.2, 0) is 10.0 Å². The van der Waals surface area contributed by atoms with Crippen molar-refractivity contribution in [2.24, 2.45) is 0 Å². The first kappa shape index (κ1) is 22.0. The molecule has 8 nitrogen and oxygen atoms in total. The highest BCUT2D eigenvalue weighted by Gasteiger charge is 2.28. The van der Waals surface area contributed by atoms with Gasteiger partial charge < -0.3 is 9.80 Å². The smallest absolute Gasteiger partial charge is 0.293 e. The van der Waals surface area contributed by atoms with Gasteiger partial charge in [-0.05, 0) is 64.5 Å². The molecule has 1 fully saturated rings. The van der Waals surface area contributed by atoms with E-state index >= 15 is 0 Å². The highest BCUT2D eigenvalue weighted by molar-refractivity contribution is 7.92. The Morgan fingerprint density at radius 3 is 2.33 bits per heavy atom. The summed E-state index contributed by atoms with van der Waals surface area (Å²) in [6.07, 6.45) is 1.80. The maximum absolute atomic E-state index is 12.9. The van der Waals surface area contributed by atoms with E-state index in [9.17, 15) is 18.5 Å². The number of anilines is 2. The van der Waals surface area contributed by atoms with Crippen molar-refractivity contribution in [1.82, 2.24) is 4.90 Å². The van der Waals surface area contributed by atoms with E-state index in [0.29, 0.717) is 30.5 Å². The summed E-state index contributed by atoms with van der Waals surface area (Å²) in [5.41, 5.74) is 2.53. The van der Waals surface area contributed by atoms with Gasteiger partial charge >= 0.3 is 0 Å². The van der Waals surface area contributed by atoms with Gasteiger partial charge in [-0.3, -0.25) is 14.8 Å². The molecule has 0 radical (unpaired) electrons. The zero-order chi connectivity index (χ0) is 22.1. The van der Waals surface area contributed by atoms with Crippen molar-refractivity contribution in [2.45, 2.75) is 37.6 Å². The van der Waals surface area contributed by atoms with Crippen molar-refractivity contribution in [3.8, 4) is 0 Å². The number of nitrogens with one attached hydrogen (secondary N) is 1. The molecule has 1 N–H and O–H groups in total. The van der Waals surface area contributed by atoms with E-state index in [0.717, 1.165) is 30.0 Å². The van der Waals surface area contributed by atoms with Crippen LogP contribution in [-0.4, -0.2) is 51.5 Å². The average Bonchev–Trinajstić information content (AvgIpc) is 2.69. The molecule has 0 amide bonds. The molecule has 2 aromatic rings. The molecule has 9 heteroatoms. The predicted octanol–water partition coefficient (Wildman–Crippen LogP) is 3.54. The number of rotatable bonds is 6. The molecule has 162 valence electrons. The van der Waals surface area contributed by atoms with Gasteiger partial charge in [0, 0.05) is 25.2 Å². The van der Waals surface area contributed by atoms with Crippen LogP contribution >= 0.6 is 0 Å². The summed E-state index contributed by atoms with van der Waals surface area (Å²) in [7, 11) is 0.114. The molecule has 0 spiro atoms. The van der Waals surface area contributed by atoms with Crippen molar-refractivity contribution in [2.75, 3.05) is 36.8 Å². The monoisotopic (exact) mass is 432 g/mol. The van der Waals surface area contributed by atoms with Crippen molar-refractivity contribution < 1.29 is 13.3 Å². The number of sulfonamides is 1. The highest BCUT2D eigenvalue weighted by atomic mass is 32.2. The Bertz CT molecular complexity index is 1040. The lowest BCUT2D eigenvalue weighted by Gasteiger charge is -2.36. The summed E-state index contributed by atoms with van der Waals surface area (Å²) < 4.78 is 28.3. The fraction of sp³-hybridized carbons (Fsp3) is 0.429. The van der Waals surface area contributed by atoms with Gasteiger partial charge in [0.05, 0.1) is 15.5 Å². The van der Waals surface area contributed by atoms with Crippen LogP contribution in [0.2, 0.25) is 0 Å². The Balaban J connectivity index is 1.88. The number of hydrogen-bond acceptors (Lipinski definition) is 6. The predicted molar refractivity (Wildman–Crippen MR) is 119 cm³/mol. The highest BCUT2D eigenvalue weighted by Crippen LogP contribution is 2.33. The quantitative estimate of drug-likeness (QED) is 0.554. The first-order chi connectivity index (χ1) is 14.1. The third-order valence-electron chi connectivity index (χ3n) is 5.62. The molecule has 2 aromatic carbocycles. The minimum Gasteiger partial charge on any atom is -0.366 e. The number of nitrogens with zero attached hydrogens (tertiary/aromatic N) is 3. The van der Waals surface area contributed by atoms with Gasteiger partial charge in [-0.25, -0.2) is 8.42 Å². The van der Waals surface area contributed by atoms with Crippen molar-refractivity contribution >= 4 is 27.1 Å². The van der Waals surface area contributed by atoms with Gasteiger partial charge in [-0.15, -0.1) is 0 Å². The van der Waals surface area contributed by atoms with E-state index < -0.39 is 14.9 Å². The second kappa shape index (κ2) is 8.61. The van der Waals surface area contributed by atoms with Crippen molar-refractivity contribution in [3.05, 3.63) is 57.6 Å². The Labute approximate surface area is 177 Å². The molecule has 30 heavy (non-hydrogen) atoms. The molecule has 1 saturated heterocycles. The third kappa shape index (κ3) is 4.73. The van der Waals surface area contributed by atoms with Crippen LogP contribution in [0.15, 0.2) is 41.3 Å². The maximum atomic E-state index is 12.9. The van der Waals surface area contributed by atoms with Gasteiger partial charge in [0.25, 0.3) is 15.7 Å². The van der Waals surface area contributed by atoms with Crippen molar-refractivity contribution in [1.29, 1.82) is 0 Å². The van der Waals surface area contributed by atoms with Crippen LogP contribution in [0, 0.1) is 24.0 Å². The Hall–Kier alpha value is -2.65. The SMILES string of the molecule is Cc1ccc(NS(=O)(=O)c2ccc(N3CCC(N(C)C)CC3)c([N+](=O)[O-])c2)c(C)c1. The van der Waals surface area contributed by atoms with Gasteiger partial charge in [0.15, 0.2) is 0 Å². The largest absolute Gasteiger partial charge is 0.366 e. The van der Waals surface area contributed by atoms with Crippen LogP contribution in [0.5, 0.6) is 0 Å². The first-order valence-corrected chi connectivity index (χ1v) is 11.4. The molecular weight excluding hydrogens is 404 g/mol. The van der Waals surface area contributed by atoms with Gasteiger partial charge in [0.1, 0.15) is 5.69 Å². The van der Waals surface area contributed by atoms with Crippen molar-refractivity contribution in [3.63, 3.8) is 0 Å². The molecule has 1 heterocycles. The fourth-order valence-electron chi connectivity index (χ4n) is 3.84. The van der Waals surface area contributed by atoms with Gasteiger partial charge in [0.2, 0.25) is 0 Å². The lowest BCUT2D eigenvalue weighted by molar-refractivity contribution is -0.384. The number of nitro groups is 1. The topological polar surface area (TPSA) is 95.8 Å².